The molecule has 2 N–H and O–H groups in total. The Hall–Kier alpha value is -3.24. The quantitative estimate of drug-likeness (QED) is 0.354. The summed E-state index contributed by atoms with van der Waals surface area (Å²) in [6.45, 7) is 2.05. The van der Waals surface area contributed by atoms with Crippen LogP contribution in [-0.2, 0) is 20.7 Å². The highest BCUT2D eigenvalue weighted by Crippen LogP contribution is 2.22. The Bertz CT molecular complexity index is 1090. The first-order valence-corrected chi connectivity index (χ1v) is 11.5. The molecule has 0 bridgehead atoms. The Morgan fingerprint density at radius 2 is 1.78 bits per heavy atom. The van der Waals surface area contributed by atoms with Gasteiger partial charge in [-0.15, -0.1) is 23.1 Å². The van der Waals surface area contributed by atoms with E-state index in [1.54, 1.807) is 36.6 Å². The number of rotatable bonds is 9. The fraction of sp³-hybridized carbons (Fsp3) is 0.182. The molecule has 0 aliphatic carbocycles. The molecule has 0 fully saturated rings. The zero-order valence-electron chi connectivity index (χ0n) is 17.1. The van der Waals surface area contributed by atoms with Crippen LogP contribution < -0.4 is 10.6 Å². The van der Waals surface area contributed by atoms with Crippen molar-refractivity contribution in [3.05, 3.63) is 71.0 Å². The maximum Gasteiger partial charge on any atom is 0.311 e. The molecule has 0 unspecified atom stereocenters. The van der Waals surface area contributed by atoms with Crippen LogP contribution in [0, 0.1) is 5.82 Å². The summed E-state index contributed by atoms with van der Waals surface area (Å²) in [6.07, 6.45) is 0.0685. The van der Waals surface area contributed by atoms with Crippen LogP contribution in [0.1, 0.15) is 23.0 Å². The average Bonchev–Trinajstić information content (AvgIpc) is 3.20. The number of hydrogen-bond donors (Lipinski definition) is 2. The molecule has 166 valence electrons. The van der Waals surface area contributed by atoms with Crippen LogP contribution in [0.4, 0.5) is 15.2 Å². The third-order valence-corrected chi connectivity index (χ3v) is 5.84. The lowest BCUT2D eigenvalue weighted by molar-refractivity contribution is -0.142. The Labute approximate surface area is 192 Å². The Kier molecular flexibility index (Phi) is 8.34. The second-order valence-electron chi connectivity index (χ2n) is 6.45. The van der Waals surface area contributed by atoms with E-state index in [9.17, 15) is 18.8 Å². The average molecular weight is 474 g/mol. The second kappa shape index (κ2) is 11.4. The largest absolute Gasteiger partial charge is 0.466 e. The summed E-state index contributed by atoms with van der Waals surface area (Å²) in [7, 11) is 0. The van der Waals surface area contributed by atoms with E-state index in [-0.39, 0.29) is 30.0 Å². The van der Waals surface area contributed by atoms with Gasteiger partial charge in [-0.05, 0) is 55.5 Å². The van der Waals surface area contributed by atoms with Gasteiger partial charge in [0.05, 0.1) is 24.5 Å². The molecule has 0 radical (unpaired) electrons. The molecule has 0 saturated heterocycles. The number of esters is 1. The van der Waals surface area contributed by atoms with Gasteiger partial charge in [-0.25, -0.2) is 9.37 Å². The van der Waals surface area contributed by atoms with E-state index in [1.165, 1.54) is 47.4 Å². The Morgan fingerprint density at radius 3 is 2.47 bits per heavy atom. The van der Waals surface area contributed by atoms with Gasteiger partial charge in [0.1, 0.15) is 5.82 Å². The van der Waals surface area contributed by atoms with Crippen LogP contribution in [0.15, 0.2) is 58.8 Å². The number of halogens is 1. The third kappa shape index (κ3) is 7.17. The first-order valence-electron chi connectivity index (χ1n) is 9.62. The SMILES string of the molecule is CCOC(=O)Cc1csc(NC(=O)CSc2ccc(NC(=O)c3ccc(F)cc3)cc2)n1. The van der Waals surface area contributed by atoms with Crippen molar-refractivity contribution in [1.29, 1.82) is 0 Å². The first-order chi connectivity index (χ1) is 15.4. The van der Waals surface area contributed by atoms with E-state index in [0.717, 1.165) is 4.90 Å². The molecule has 1 aromatic heterocycles. The molecule has 3 rings (SSSR count). The standard InChI is InChI=1S/C22H20FN3O4S2/c1-2-30-20(28)11-17-12-32-22(25-17)26-19(27)13-31-18-9-7-16(8-10-18)24-21(29)14-3-5-15(23)6-4-14/h3-10,12H,2,11,13H2,1H3,(H,24,29)(H,25,26,27). The molecule has 0 atom stereocenters. The first kappa shape index (κ1) is 23.4. The van der Waals surface area contributed by atoms with Crippen molar-refractivity contribution in [3.8, 4) is 0 Å². The van der Waals surface area contributed by atoms with Gasteiger partial charge < -0.3 is 15.4 Å². The fourth-order valence-corrected chi connectivity index (χ4v) is 3.97. The Morgan fingerprint density at radius 1 is 1.06 bits per heavy atom. The predicted molar refractivity (Wildman–Crippen MR) is 123 cm³/mol. The minimum Gasteiger partial charge on any atom is -0.466 e. The molecule has 0 aliphatic heterocycles. The summed E-state index contributed by atoms with van der Waals surface area (Å²) in [6, 6.07) is 12.3. The molecular weight excluding hydrogens is 453 g/mol. The number of hydrogen-bond acceptors (Lipinski definition) is 7. The number of ether oxygens (including phenoxy) is 1. The molecule has 2 amide bonds. The molecule has 3 aromatic rings. The minimum atomic E-state index is -0.404. The van der Waals surface area contributed by atoms with Crippen LogP contribution in [0.2, 0.25) is 0 Å². The number of thiazole rings is 1. The van der Waals surface area contributed by atoms with Crippen LogP contribution >= 0.6 is 23.1 Å². The summed E-state index contributed by atoms with van der Waals surface area (Å²) >= 11 is 2.58. The monoisotopic (exact) mass is 473 g/mol. The molecule has 10 heteroatoms. The van der Waals surface area contributed by atoms with E-state index < -0.39 is 5.82 Å². The predicted octanol–water partition coefficient (Wildman–Crippen LogP) is 4.37. The summed E-state index contributed by atoms with van der Waals surface area (Å²) in [4.78, 5) is 40.9. The van der Waals surface area contributed by atoms with Gasteiger partial charge in [0.25, 0.3) is 5.91 Å². The highest BCUT2D eigenvalue weighted by molar-refractivity contribution is 8.00. The van der Waals surface area contributed by atoms with Crippen molar-refractivity contribution in [2.45, 2.75) is 18.2 Å². The Balaban J connectivity index is 1.45. The van der Waals surface area contributed by atoms with Crippen LogP contribution in [0.3, 0.4) is 0 Å². The maximum atomic E-state index is 13.0. The van der Waals surface area contributed by atoms with Crippen LogP contribution in [0.5, 0.6) is 0 Å². The van der Waals surface area contributed by atoms with E-state index >= 15 is 0 Å². The van der Waals surface area contributed by atoms with Crippen molar-refractivity contribution in [3.63, 3.8) is 0 Å². The van der Waals surface area contributed by atoms with Crippen molar-refractivity contribution < 1.29 is 23.5 Å². The summed E-state index contributed by atoms with van der Waals surface area (Å²) in [5.41, 5.74) is 1.49. The molecule has 32 heavy (non-hydrogen) atoms. The molecular formula is C22H20FN3O4S2. The van der Waals surface area contributed by atoms with Gasteiger partial charge in [0.2, 0.25) is 5.91 Å². The number of carbonyl (C=O) groups excluding carboxylic acids is 3. The molecule has 7 nitrogen and oxygen atoms in total. The van der Waals surface area contributed by atoms with Gasteiger partial charge >= 0.3 is 5.97 Å². The normalized spacial score (nSPS) is 10.4. The summed E-state index contributed by atoms with van der Waals surface area (Å²) < 4.78 is 17.8. The number of nitrogens with one attached hydrogen (secondary N) is 2. The fourth-order valence-electron chi connectivity index (χ4n) is 2.55. The zero-order valence-corrected chi connectivity index (χ0v) is 18.7. The number of amides is 2. The molecule has 0 saturated carbocycles. The van der Waals surface area contributed by atoms with Gasteiger partial charge in [-0.3, -0.25) is 14.4 Å². The number of benzene rings is 2. The molecule has 1 heterocycles. The van der Waals surface area contributed by atoms with Crippen molar-refractivity contribution in [2.24, 2.45) is 0 Å². The van der Waals surface area contributed by atoms with Crippen LogP contribution in [-0.4, -0.2) is 35.1 Å². The lowest BCUT2D eigenvalue weighted by atomic mass is 10.2. The zero-order chi connectivity index (χ0) is 22.9. The summed E-state index contributed by atoms with van der Waals surface area (Å²) in [5, 5.41) is 7.58. The molecule has 2 aromatic carbocycles. The summed E-state index contributed by atoms with van der Waals surface area (Å²) in [5.74, 6) is -1.15. The second-order valence-corrected chi connectivity index (χ2v) is 8.35. The van der Waals surface area contributed by atoms with E-state index in [4.69, 9.17) is 4.74 Å². The van der Waals surface area contributed by atoms with Crippen molar-refractivity contribution in [1.82, 2.24) is 4.98 Å². The lowest BCUT2D eigenvalue weighted by Crippen LogP contribution is -2.14. The minimum absolute atomic E-state index is 0.0685. The van der Waals surface area contributed by atoms with E-state index in [2.05, 4.69) is 15.6 Å². The number of nitrogens with zero attached hydrogens (tertiary/aromatic N) is 1. The van der Waals surface area contributed by atoms with Crippen LogP contribution in [0.25, 0.3) is 0 Å². The van der Waals surface area contributed by atoms with E-state index in [0.29, 0.717) is 28.7 Å². The van der Waals surface area contributed by atoms with Gasteiger partial charge in [0.15, 0.2) is 5.13 Å². The molecule has 0 spiro atoms. The maximum absolute atomic E-state index is 13.0. The highest BCUT2D eigenvalue weighted by atomic mass is 32.2. The van der Waals surface area contributed by atoms with Crippen molar-refractivity contribution in [2.75, 3.05) is 23.0 Å². The topological polar surface area (TPSA) is 97.4 Å². The number of aromatic nitrogens is 1. The van der Waals surface area contributed by atoms with Gasteiger partial charge in [0, 0.05) is 21.5 Å². The lowest BCUT2D eigenvalue weighted by Gasteiger charge is -2.07. The molecule has 0 aliphatic rings. The highest BCUT2D eigenvalue weighted by Gasteiger charge is 2.11. The number of thioether (sulfide) groups is 1. The van der Waals surface area contributed by atoms with E-state index in [1.807, 2.05) is 0 Å². The number of anilines is 2. The number of carbonyl (C=O) groups is 3. The van der Waals surface area contributed by atoms with Gasteiger partial charge in [-0.1, -0.05) is 0 Å². The third-order valence-electron chi connectivity index (χ3n) is 4.02. The van der Waals surface area contributed by atoms with Gasteiger partial charge in [-0.2, -0.15) is 0 Å². The smallest absolute Gasteiger partial charge is 0.311 e. The van der Waals surface area contributed by atoms with Crippen molar-refractivity contribution >= 4 is 51.7 Å².